The van der Waals surface area contributed by atoms with Crippen molar-refractivity contribution in [1.82, 2.24) is 0 Å². The molecule has 29 heavy (non-hydrogen) atoms. The highest BCUT2D eigenvalue weighted by Crippen LogP contribution is 2.47. The summed E-state index contributed by atoms with van der Waals surface area (Å²) in [4.78, 5) is 38.9. The first-order chi connectivity index (χ1) is 14.0. The number of nitro groups is 1. The summed E-state index contributed by atoms with van der Waals surface area (Å²) in [5.41, 5.74) is 1.23. The third kappa shape index (κ3) is 3.70. The average Bonchev–Trinajstić information content (AvgIpc) is 2.75. The third-order valence-corrected chi connectivity index (χ3v) is 5.43. The fourth-order valence-corrected chi connectivity index (χ4v) is 4.05. The van der Waals surface area contributed by atoms with Gasteiger partial charge in [-0.05, 0) is 30.3 Å². The van der Waals surface area contributed by atoms with Crippen LogP contribution in [0.25, 0.3) is 0 Å². The Morgan fingerprint density at radius 1 is 0.931 bits per heavy atom. The van der Waals surface area contributed by atoms with E-state index in [1.807, 2.05) is 48.5 Å². The monoisotopic (exact) mass is 406 g/mol. The molecule has 0 aliphatic carbocycles. The standard InChI is InChI=1S/C21H14N2O5S/c24-20(13-28-21(25)14-6-5-7-15(12-14)23(26)27)22-16-8-1-3-10-18(16)29-19-11-4-2-9-17(19)22/h1-12H,13H2. The second-order valence-electron chi connectivity index (χ2n) is 6.15. The maximum atomic E-state index is 13.0. The van der Waals surface area contributed by atoms with Crippen molar-refractivity contribution in [3.05, 3.63) is 88.5 Å². The van der Waals surface area contributed by atoms with Gasteiger partial charge in [-0.2, -0.15) is 0 Å². The Balaban J connectivity index is 1.56. The van der Waals surface area contributed by atoms with Gasteiger partial charge in [0.25, 0.3) is 11.6 Å². The van der Waals surface area contributed by atoms with Crippen LogP contribution in [0.2, 0.25) is 0 Å². The molecule has 0 radical (unpaired) electrons. The molecule has 3 aromatic carbocycles. The van der Waals surface area contributed by atoms with Crippen LogP contribution in [0, 0.1) is 10.1 Å². The lowest BCUT2D eigenvalue weighted by Gasteiger charge is -2.30. The molecule has 0 saturated carbocycles. The summed E-state index contributed by atoms with van der Waals surface area (Å²) >= 11 is 1.56. The van der Waals surface area contributed by atoms with Gasteiger partial charge in [0.05, 0.1) is 21.9 Å². The van der Waals surface area contributed by atoms with Crippen LogP contribution in [0.4, 0.5) is 17.1 Å². The minimum Gasteiger partial charge on any atom is -0.452 e. The zero-order valence-corrected chi connectivity index (χ0v) is 15.8. The van der Waals surface area contributed by atoms with E-state index in [1.54, 1.807) is 11.8 Å². The van der Waals surface area contributed by atoms with Crippen molar-refractivity contribution in [2.75, 3.05) is 11.5 Å². The van der Waals surface area contributed by atoms with Gasteiger partial charge in [-0.1, -0.05) is 42.1 Å². The predicted molar refractivity (Wildman–Crippen MR) is 108 cm³/mol. The number of fused-ring (bicyclic) bond motifs is 2. The lowest BCUT2D eigenvalue weighted by molar-refractivity contribution is -0.384. The molecule has 0 saturated heterocycles. The van der Waals surface area contributed by atoms with Gasteiger partial charge >= 0.3 is 5.97 Å². The van der Waals surface area contributed by atoms with Gasteiger partial charge in [-0.15, -0.1) is 0 Å². The molecular formula is C21H14N2O5S. The number of carbonyl (C=O) groups is 2. The fourth-order valence-electron chi connectivity index (χ4n) is 2.99. The van der Waals surface area contributed by atoms with E-state index in [4.69, 9.17) is 4.74 Å². The summed E-state index contributed by atoms with van der Waals surface area (Å²) in [7, 11) is 0. The smallest absolute Gasteiger partial charge is 0.338 e. The molecular weight excluding hydrogens is 392 g/mol. The number of rotatable bonds is 4. The fraction of sp³-hybridized carbons (Fsp3) is 0.0476. The lowest BCUT2D eigenvalue weighted by atomic mass is 10.2. The topological polar surface area (TPSA) is 89.8 Å². The Bertz CT molecular complexity index is 1090. The number of nitro benzene ring substituents is 1. The highest BCUT2D eigenvalue weighted by Gasteiger charge is 2.28. The second-order valence-corrected chi connectivity index (χ2v) is 7.23. The molecule has 144 valence electrons. The molecule has 0 bridgehead atoms. The molecule has 0 unspecified atom stereocenters. The lowest BCUT2D eigenvalue weighted by Crippen LogP contribution is -2.32. The summed E-state index contributed by atoms with van der Waals surface area (Å²) in [6.45, 7) is -0.491. The molecule has 1 heterocycles. The third-order valence-electron chi connectivity index (χ3n) is 4.30. The minimum atomic E-state index is -0.796. The number of ether oxygens (including phenoxy) is 1. The van der Waals surface area contributed by atoms with E-state index in [0.29, 0.717) is 11.4 Å². The highest BCUT2D eigenvalue weighted by atomic mass is 32.2. The summed E-state index contributed by atoms with van der Waals surface area (Å²) in [6.07, 6.45) is 0. The van der Waals surface area contributed by atoms with Crippen molar-refractivity contribution < 1.29 is 19.2 Å². The van der Waals surface area contributed by atoms with E-state index in [9.17, 15) is 19.7 Å². The van der Waals surface area contributed by atoms with Crippen LogP contribution in [0.5, 0.6) is 0 Å². The van der Waals surface area contributed by atoms with Crippen LogP contribution in [0.3, 0.4) is 0 Å². The van der Waals surface area contributed by atoms with Gasteiger partial charge < -0.3 is 4.74 Å². The van der Waals surface area contributed by atoms with Gasteiger partial charge in [0, 0.05) is 21.9 Å². The Morgan fingerprint density at radius 3 is 2.17 bits per heavy atom. The first-order valence-electron chi connectivity index (χ1n) is 8.65. The number of benzene rings is 3. The normalized spacial score (nSPS) is 11.9. The maximum absolute atomic E-state index is 13.0. The number of nitrogens with zero attached hydrogens (tertiary/aromatic N) is 2. The molecule has 0 spiro atoms. The average molecular weight is 406 g/mol. The van der Waals surface area contributed by atoms with Gasteiger partial charge in [-0.25, -0.2) is 4.79 Å². The Kier molecular flexibility index (Phi) is 5.01. The van der Waals surface area contributed by atoms with Crippen molar-refractivity contribution in [2.24, 2.45) is 0 Å². The molecule has 8 heteroatoms. The van der Waals surface area contributed by atoms with Gasteiger partial charge in [-0.3, -0.25) is 19.8 Å². The molecule has 1 aliphatic rings. The second kappa shape index (κ2) is 7.76. The van der Waals surface area contributed by atoms with E-state index in [-0.39, 0.29) is 11.3 Å². The largest absolute Gasteiger partial charge is 0.452 e. The minimum absolute atomic E-state index is 0.0157. The van der Waals surface area contributed by atoms with Gasteiger partial charge in [0.1, 0.15) is 0 Å². The summed E-state index contributed by atoms with van der Waals surface area (Å²) in [6, 6.07) is 20.2. The molecule has 3 aromatic rings. The van der Waals surface area contributed by atoms with Crippen molar-refractivity contribution in [1.29, 1.82) is 0 Å². The number of carbonyl (C=O) groups excluding carboxylic acids is 2. The van der Waals surface area contributed by atoms with E-state index in [1.165, 1.54) is 23.1 Å². The van der Waals surface area contributed by atoms with Crippen LogP contribution in [0.15, 0.2) is 82.6 Å². The van der Waals surface area contributed by atoms with Crippen LogP contribution < -0.4 is 4.90 Å². The van der Waals surface area contributed by atoms with Crippen molar-refractivity contribution >= 4 is 40.7 Å². The maximum Gasteiger partial charge on any atom is 0.338 e. The summed E-state index contributed by atoms with van der Waals surface area (Å²) in [5.74, 6) is -1.21. The van der Waals surface area contributed by atoms with Crippen molar-refractivity contribution in [2.45, 2.75) is 9.79 Å². The number of para-hydroxylation sites is 2. The summed E-state index contributed by atoms with van der Waals surface area (Å²) < 4.78 is 5.15. The quantitative estimate of drug-likeness (QED) is 0.358. The molecule has 1 amide bonds. The summed E-state index contributed by atoms with van der Waals surface area (Å²) in [5, 5.41) is 10.9. The highest BCUT2D eigenvalue weighted by molar-refractivity contribution is 7.99. The Labute approximate surface area is 170 Å². The SMILES string of the molecule is O=C(OCC(=O)N1c2ccccc2Sc2ccccc21)c1cccc([N+](=O)[O-])c1. The van der Waals surface area contributed by atoms with Crippen LogP contribution in [-0.4, -0.2) is 23.4 Å². The number of hydrogen-bond donors (Lipinski definition) is 0. The van der Waals surface area contributed by atoms with E-state index in [2.05, 4.69) is 0 Å². The zero-order chi connectivity index (χ0) is 20.4. The van der Waals surface area contributed by atoms with Crippen LogP contribution >= 0.6 is 11.8 Å². The number of amides is 1. The van der Waals surface area contributed by atoms with Crippen molar-refractivity contribution in [3.8, 4) is 0 Å². The van der Waals surface area contributed by atoms with Crippen LogP contribution in [-0.2, 0) is 9.53 Å². The first kappa shape index (κ1) is 18.7. The Morgan fingerprint density at radius 2 is 1.55 bits per heavy atom. The molecule has 0 N–H and O–H groups in total. The molecule has 4 rings (SSSR count). The number of non-ortho nitro benzene ring substituents is 1. The number of hydrogen-bond acceptors (Lipinski definition) is 6. The van der Waals surface area contributed by atoms with Crippen LogP contribution in [0.1, 0.15) is 10.4 Å². The van der Waals surface area contributed by atoms with E-state index in [0.717, 1.165) is 15.9 Å². The molecule has 0 atom stereocenters. The zero-order valence-electron chi connectivity index (χ0n) is 15.0. The van der Waals surface area contributed by atoms with E-state index >= 15 is 0 Å². The Hall–Kier alpha value is -3.65. The van der Waals surface area contributed by atoms with Gasteiger partial charge in [0.15, 0.2) is 6.61 Å². The predicted octanol–water partition coefficient (Wildman–Crippen LogP) is 4.58. The first-order valence-corrected chi connectivity index (χ1v) is 9.46. The number of anilines is 2. The van der Waals surface area contributed by atoms with E-state index < -0.39 is 23.4 Å². The number of esters is 1. The molecule has 0 fully saturated rings. The molecule has 0 aromatic heterocycles. The molecule has 1 aliphatic heterocycles. The van der Waals surface area contributed by atoms with Crippen molar-refractivity contribution in [3.63, 3.8) is 0 Å². The molecule has 7 nitrogen and oxygen atoms in total. The van der Waals surface area contributed by atoms with Gasteiger partial charge in [0.2, 0.25) is 0 Å².